The number of rotatable bonds is 0. The van der Waals surface area contributed by atoms with Crippen molar-refractivity contribution in [2.45, 2.75) is 26.9 Å². The van der Waals surface area contributed by atoms with Gasteiger partial charge in [0.15, 0.2) is 0 Å². The molecular weight excluding hydrogens is 408 g/mol. The molecule has 2 aliphatic rings. The number of aromatic amines is 2. The molecule has 0 aliphatic carbocycles. The summed E-state index contributed by atoms with van der Waals surface area (Å²) in [5.74, 6) is -0.544. The van der Waals surface area contributed by atoms with Gasteiger partial charge in [0, 0.05) is 24.5 Å². The highest BCUT2D eigenvalue weighted by atomic mass is 32.3. The van der Waals surface area contributed by atoms with Crippen molar-refractivity contribution in [3.05, 3.63) is 66.5 Å². The molecule has 156 valence electrons. The summed E-state index contributed by atoms with van der Waals surface area (Å²) in [6.07, 6.45) is 0. The van der Waals surface area contributed by atoms with Crippen molar-refractivity contribution in [1.29, 1.82) is 0 Å². The number of fused-ring (bicyclic) bond motifs is 2. The number of pyridine rings is 2. The molecule has 29 heavy (non-hydrogen) atoms. The van der Waals surface area contributed by atoms with Crippen LogP contribution in [0.4, 0.5) is 0 Å². The number of carbonyl (C=O) groups is 2. The molecule has 0 fully saturated rings. The summed E-state index contributed by atoms with van der Waals surface area (Å²) in [6.45, 7) is 4.53. The summed E-state index contributed by atoms with van der Waals surface area (Å²) in [5.41, 5.74) is 3.11. The molecule has 2 aliphatic heterocycles. The van der Waals surface area contributed by atoms with E-state index in [4.69, 9.17) is 17.5 Å². The van der Waals surface area contributed by atoms with E-state index < -0.39 is 10.4 Å². The Kier molecular flexibility index (Phi) is 6.36. The van der Waals surface area contributed by atoms with Gasteiger partial charge in [0.1, 0.15) is 11.1 Å². The quantitative estimate of drug-likeness (QED) is 0.294. The molecule has 0 saturated heterocycles. The number of hydrogen-bond donors (Lipinski definition) is 6. The topological polar surface area (TPSA) is 199 Å². The standard InChI is InChI=1S/2C8H8N2O2.H2O4S/c2*1-4-2-5-3-9-7(11)6(5)8(12)10-4;1-5(2,3)4/h2*2H,3H2,1H3,(H,9,11)(H,10,12);(H2,1,2,3,4). The third kappa shape index (κ3) is 5.84. The molecule has 2 amide bonds. The lowest BCUT2D eigenvalue weighted by molar-refractivity contribution is 0.0956. The number of H-pyrrole nitrogens is 2. The zero-order chi connectivity index (χ0) is 21.9. The first-order chi connectivity index (χ1) is 13.4. The molecule has 0 aromatic carbocycles. The van der Waals surface area contributed by atoms with Gasteiger partial charge in [-0.15, -0.1) is 0 Å². The number of aryl methyl sites for hydroxylation is 2. The Morgan fingerprint density at radius 3 is 1.38 bits per heavy atom. The molecule has 0 radical (unpaired) electrons. The van der Waals surface area contributed by atoms with Crippen LogP contribution in [0.15, 0.2) is 21.7 Å². The average Bonchev–Trinajstić information content (AvgIpc) is 3.10. The molecule has 0 bridgehead atoms. The van der Waals surface area contributed by atoms with Crippen LogP contribution in [0.5, 0.6) is 0 Å². The fourth-order valence-corrected chi connectivity index (χ4v) is 2.82. The molecule has 12 nitrogen and oxygen atoms in total. The minimum absolute atomic E-state index is 0.264. The third-order valence-corrected chi connectivity index (χ3v) is 3.83. The lowest BCUT2D eigenvalue weighted by Gasteiger charge is -1.95. The van der Waals surface area contributed by atoms with Crippen LogP contribution in [-0.2, 0) is 23.5 Å². The van der Waals surface area contributed by atoms with Gasteiger partial charge < -0.3 is 20.6 Å². The Bertz CT molecular complexity index is 1110. The molecule has 6 N–H and O–H groups in total. The third-order valence-electron chi connectivity index (χ3n) is 3.83. The Hall–Kier alpha value is -3.29. The summed E-state index contributed by atoms with van der Waals surface area (Å²) in [7, 11) is -4.67. The van der Waals surface area contributed by atoms with Crippen LogP contribution in [0.1, 0.15) is 43.2 Å². The first-order valence-corrected chi connectivity index (χ1v) is 9.48. The fourth-order valence-electron chi connectivity index (χ4n) is 2.82. The van der Waals surface area contributed by atoms with Crippen molar-refractivity contribution in [2.24, 2.45) is 0 Å². The molecule has 2 aromatic heterocycles. The summed E-state index contributed by atoms with van der Waals surface area (Å²) >= 11 is 0. The first kappa shape index (κ1) is 22.0. The number of amides is 2. The van der Waals surface area contributed by atoms with Crippen molar-refractivity contribution in [2.75, 3.05) is 0 Å². The zero-order valence-corrected chi connectivity index (χ0v) is 16.1. The van der Waals surface area contributed by atoms with Crippen molar-refractivity contribution in [1.82, 2.24) is 20.6 Å². The molecule has 4 heterocycles. The minimum Gasteiger partial charge on any atom is -0.348 e. The molecule has 0 saturated carbocycles. The number of carbonyl (C=O) groups excluding carboxylic acids is 2. The van der Waals surface area contributed by atoms with E-state index in [1.807, 2.05) is 12.1 Å². The van der Waals surface area contributed by atoms with E-state index in [2.05, 4.69) is 20.6 Å². The summed E-state index contributed by atoms with van der Waals surface area (Å²) in [6, 6.07) is 3.63. The molecule has 0 unspecified atom stereocenters. The highest BCUT2D eigenvalue weighted by Crippen LogP contribution is 2.11. The number of hydrogen-bond acceptors (Lipinski definition) is 6. The summed E-state index contributed by atoms with van der Waals surface area (Å²) in [5, 5.41) is 5.19. The fraction of sp³-hybridized carbons (Fsp3) is 0.250. The summed E-state index contributed by atoms with van der Waals surface area (Å²) in [4.78, 5) is 49.8. The highest BCUT2D eigenvalue weighted by molar-refractivity contribution is 7.79. The maximum atomic E-state index is 11.2. The van der Waals surface area contributed by atoms with Gasteiger partial charge in [0.05, 0.1) is 0 Å². The largest absolute Gasteiger partial charge is 0.394 e. The van der Waals surface area contributed by atoms with E-state index in [1.165, 1.54) is 0 Å². The van der Waals surface area contributed by atoms with E-state index in [9.17, 15) is 19.2 Å². The highest BCUT2D eigenvalue weighted by Gasteiger charge is 2.23. The smallest absolute Gasteiger partial charge is 0.348 e. The van der Waals surface area contributed by atoms with Crippen LogP contribution in [0.2, 0.25) is 0 Å². The van der Waals surface area contributed by atoms with E-state index in [0.717, 1.165) is 22.5 Å². The monoisotopic (exact) mass is 426 g/mol. The lowest BCUT2D eigenvalue weighted by Crippen LogP contribution is -2.21. The molecule has 0 spiro atoms. The average molecular weight is 426 g/mol. The van der Waals surface area contributed by atoms with Crippen molar-refractivity contribution in [3.8, 4) is 0 Å². The first-order valence-electron chi connectivity index (χ1n) is 8.08. The predicted octanol–water partition coefficient (Wildman–Crippen LogP) is -0.799. The summed E-state index contributed by atoms with van der Waals surface area (Å²) < 4.78 is 31.6. The molecule has 4 rings (SSSR count). The predicted molar refractivity (Wildman–Crippen MR) is 100 cm³/mol. The Morgan fingerprint density at radius 2 is 1.07 bits per heavy atom. The van der Waals surface area contributed by atoms with Crippen LogP contribution < -0.4 is 21.8 Å². The lowest BCUT2D eigenvalue weighted by atomic mass is 10.1. The van der Waals surface area contributed by atoms with Crippen molar-refractivity contribution in [3.63, 3.8) is 0 Å². The van der Waals surface area contributed by atoms with E-state index in [1.54, 1.807) is 13.8 Å². The molecule has 0 atom stereocenters. The Morgan fingerprint density at radius 1 is 0.759 bits per heavy atom. The Balaban J connectivity index is 0.000000170. The van der Waals surface area contributed by atoms with E-state index >= 15 is 0 Å². The Labute approximate surface area is 163 Å². The van der Waals surface area contributed by atoms with Crippen LogP contribution in [-0.4, -0.2) is 39.3 Å². The molecule has 13 heteroatoms. The SMILES string of the molecule is Cc1cc2c(c(=O)[nH]1)C(=O)NC2.Cc1cc2c(c(=O)[nH]1)C(=O)NC2.O=S(=O)(O)O. The van der Waals surface area contributed by atoms with Gasteiger partial charge in [-0.2, -0.15) is 8.42 Å². The van der Waals surface area contributed by atoms with E-state index in [0.29, 0.717) is 13.1 Å². The van der Waals surface area contributed by atoms with Gasteiger partial charge in [-0.25, -0.2) is 0 Å². The number of nitrogens with one attached hydrogen (secondary N) is 4. The van der Waals surface area contributed by atoms with Gasteiger partial charge in [0.2, 0.25) is 0 Å². The second-order valence-electron chi connectivity index (χ2n) is 6.18. The zero-order valence-electron chi connectivity index (χ0n) is 15.3. The maximum Gasteiger partial charge on any atom is 0.394 e. The molecular formula is C16H18N4O8S. The van der Waals surface area contributed by atoms with Crippen LogP contribution >= 0.6 is 0 Å². The normalized spacial score (nSPS) is 13.8. The maximum absolute atomic E-state index is 11.2. The van der Waals surface area contributed by atoms with Gasteiger partial charge in [-0.3, -0.25) is 28.3 Å². The van der Waals surface area contributed by atoms with Crippen molar-refractivity contribution < 1.29 is 27.1 Å². The van der Waals surface area contributed by atoms with E-state index in [-0.39, 0.29) is 34.1 Å². The second-order valence-corrected chi connectivity index (χ2v) is 7.07. The number of aromatic nitrogens is 2. The van der Waals surface area contributed by atoms with Crippen LogP contribution in [0, 0.1) is 13.8 Å². The minimum atomic E-state index is -4.67. The van der Waals surface area contributed by atoms with Crippen LogP contribution in [0.25, 0.3) is 0 Å². The van der Waals surface area contributed by atoms with Gasteiger partial charge in [0.25, 0.3) is 22.9 Å². The van der Waals surface area contributed by atoms with Crippen LogP contribution in [0.3, 0.4) is 0 Å². The molecule has 2 aromatic rings. The second kappa shape index (κ2) is 8.38. The van der Waals surface area contributed by atoms with Crippen molar-refractivity contribution >= 4 is 22.2 Å². The van der Waals surface area contributed by atoms with Gasteiger partial charge in [-0.1, -0.05) is 0 Å². The van der Waals surface area contributed by atoms with Gasteiger partial charge >= 0.3 is 10.4 Å². The van der Waals surface area contributed by atoms with Gasteiger partial charge in [-0.05, 0) is 37.1 Å².